The molecule has 0 aromatic heterocycles. The van der Waals surface area contributed by atoms with E-state index in [-0.39, 0.29) is 11.3 Å². The number of halogens is 1. The minimum absolute atomic E-state index is 0.00231. The first-order valence-electron chi connectivity index (χ1n) is 2.14. The second kappa shape index (κ2) is 3.25. The van der Waals surface area contributed by atoms with Gasteiger partial charge in [0, 0.05) is 5.03 Å². The van der Waals surface area contributed by atoms with E-state index >= 15 is 0 Å². The minimum Gasteiger partial charge on any atom is -0.478 e. The highest BCUT2D eigenvalue weighted by Gasteiger charge is 2.07. The van der Waals surface area contributed by atoms with Gasteiger partial charge < -0.3 is 5.11 Å². The number of carboxylic acids is 1. The van der Waals surface area contributed by atoms with Crippen molar-refractivity contribution in [2.75, 3.05) is 0 Å². The molecule has 50 valence electrons. The first-order chi connectivity index (χ1) is 4.09. The number of hydrogen-bond acceptors (Lipinski definition) is 2. The molecule has 0 saturated carbocycles. The van der Waals surface area contributed by atoms with Crippen molar-refractivity contribution in [1.82, 2.24) is 0 Å². The Morgan fingerprint density at radius 3 is 2.11 bits per heavy atom. The Hall–Kier alpha value is -0.830. The average Bonchev–Trinajstić information content (AvgIpc) is 1.64. The predicted molar refractivity (Wildman–Crippen MR) is 32.3 cm³/mol. The number of hydrogen-bond donors (Lipinski definition) is 1. The fraction of sp³-hybridized carbons (Fsp3) is 0.200. The molecule has 0 aliphatic carbocycles. The predicted octanol–water partition coefficient (Wildman–Crippen LogP) is 0.783. The number of rotatable bonds is 2. The Morgan fingerprint density at radius 1 is 1.67 bits per heavy atom. The molecule has 0 aliphatic rings. The van der Waals surface area contributed by atoms with Crippen LogP contribution < -0.4 is 0 Å². The lowest BCUT2D eigenvalue weighted by Gasteiger charge is -1.89. The Bertz CT molecular complexity index is 167. The van der Waals surface area contributed by atoms with Crippen LogP contribution >= 0.6 is 11.6 Å². The van der Waals surface area contributed by atoms with Crippen LogP contribution in [-0.4, -0.2) is 17.4 Å². The van der Waals surface area contributed by atoms with Crippen LogP contribution in [0.5, 0.6) is 0 Å². The van der Waals surface area contributed by atoms with Crippen LogP contribution in [0.1, 0.15) is 6.92 Å². The second-order valence-corrected chi connectivity index (χ2v) is 1.94. The summed E-state index contributed by atoms with van der Waals surface area (Å²) in [6, 6.07) is 0. The Morgan fingerprint density at radius 2 is 2.11 bits per heavy atom. The zero-order valence-corrected chi connectivity index (χ0v) is 5.47. The molecule has 0 aliphatic heterocycles. The van der Waals surface area contributed by atoms with Crippen molar-refractivity contribution in [2.45, 2.75) is 6.92 Å². The third-order valence-electron chi connectivity index (χ3n) is 0.719. The van der Waals surface area contributed by atoms with Gasteiger partial charge in [-0.15, -0.1) is 0 Å². The molecular formula is C5H5ClO3. The second-order valence-electron chi connectivity index (χ2n) is 1.37. The van der Waals surface area contributed by atoms with Gasteiger partial charge in [0.15, 0.2) is 6.29 Å². The summed E-state index contributed by atoms with van der Waals surface area (Å²) in [7, 11) is 0. The maximum absolute atomic E-state index is 10.00. The van der Waals surface area contributed by atoms with Crippen molar-refractivity contribution in [3.63, 3.8) is 0 Å². The molecule has 3 nitrogen and oxygen atoms in total. The molecule has 0 unspecified atom stereocenters. The summed E-state index contributed by atoms with van der Waals surface area (Å²) in [4.78, 5) is 19.9. The first kappa shape index (κ1) is 8.17. The van der Waals surface area contributed by atoms with Gasteiger partial charge in [0.2, 0.25) is 0 Å². The maximum Gasteiger partial charge on any atom is 0.340 e. The summed E-state index contributed by atoms with van der Waals surface area (Å²) in [6.45, 7) is 1.35. The van der Waals surface area contributed by atoms with E-state index in [0.717, 1.165) is 0 Å². The molecule has 0 fully saturated rings. The van der Waals surface area contributed by atoms with Crippen LogP contribution in [-0.2, 0) is 9.59 Å². The summed E-state index contributed by atoms with van der Waals surface area (Å²) >= 11 is 5.21. The third kappa shape index (κ3) is 2.28. The van der Waals surface area contributed by atoms with Crippen LogP contribution in [0.4, 0.5) is 0 Å². The highest BCUT2D eigenvalue weighted by atomic mass is 35.5. The van der Waals surface area contributed by atoms with Crippen molar-refractivity contribution in [2.24, 2.45) is 0 Å². The molecule has 0 spiro atoms. The molecule has 0 aromatic rings. The highest BCUT2D eigenvalue weighted by molar-refractivity contribution is 6.33. The SMILES string of the molecule is C/C(Cl)=C(\C=O)C(=O)O. The van der Waals surface area contributed by atoms with Gasteiger partial charge in [-0.05, 0) is 6.92 Å². The number of aliphatic carboxylic acids is 1. The lowest BCUT2D eigenvalue weighted by molar-refractivity contribution is -0.133. The van der Waals surface area contributed by atoms with Gasteiger partial charge in [-0.25, -0.2) is 4.79 Å². The molecule has 1 N–H and O–H groups in total. The van der Waals surface area contributed by atoms with Gasteiger partial charge >= 0.3 is 5.97 Å². The smallest absolute Gasteiger partial charge is 0.340 e. The monoisotopic (exact) mass is 148 g/mol. The first-order valence-corrected chi connectivity index (χ1v) is 2.52. The number of allylic oxidation sites excluding steroid dienone is 1. The van der Waals surface area contributed by atoms with Crippen molar-refractivity contribution < 1.29 is 14.7 Å². The lowest BCUT2D eigenvalue weighted by atomic mass is 10.3. The summed E-state index contributed by atoms with van der Waals surface area (Å²) < 4.78 is 0. The topological polar surface area (TPSA) is 54.4 Å². The Kier molecular flexibility index (Phi) is 2.95. The van der Waals surface area contributed by atoms with E-state index in [2.05, 4.69) is 0 Å². The zero-order valence-electron chi connectivity index (χ0n) is 4.72. The summed E-state index contributed by atoms with van der Waals surface area (Å²) in [5.74, 6) is -1.29. The normalized spacial score (nSPS) is 12.2. The standard InChI is InChI=1S/C5H5ClO3/c1-3(6)4(2-7)5(8)9/h2H,1H3,(H,8,9)/b4-3-. The van der Waals surface area contributed by atoms with Gasteiger partial charge in [0.05, 0.1) is 0 Å². The molecule has 0 heterocycles. The van der Waals surface area contributed by atoms with Gasteiger partial charge in [-0.3, -0.25) is 4.79 Å². The fourth-order valence-corrected chi connectivity index (χ4v) is 0.404. The van der Waals surface area contributed by atoms with Crippen LogP contribution in [0.2, 0.25) is 0 Å². The summed E-state index contributed by atoms with van der Waals surface area (Å²) in [5, 5.41) is 8.17. The molecule has 0 bridgehead atoms. The van der Waals surface area contributed by atoms with E-state index in [4.69, 9.17) is 16.7 Å². The molecule has 0 rings (SSSR count). The van der Waals surface area contributed by atoms with Crippen molar-refractivity contribution in [3.8, 4) is 0 Å². The molecule has 0 atom stereocenters. The number of carbonyl (C=O) groups is 2. The van der Waals surface area contributed by atoms with E-state index in [1.165, 1.54) is 6.92 Å². The molecule has 0 aromatic carbocycles. The van der Waals surface area contributed by atoms with Crippen LogP contribution in [0.3, 0.4) is 0 Å². The quantitative estimate of drug-likeness (QED) is 0.273. The number of aldehydes is 1. The summed E-state index contributed by atoms with van der Waals surface area (Å²) in [5.41, 5.74) is -0.392. The van der Waals surface area contributed by atoms with Crippen molar-refractivity contribution >= 4 is 23.9 Å². The molecular weight excluding hydrogens is 144 g/mol. The van der Waals surface area contributed by atoms with Gasteiger partial charge in [0.25, 0.3) is 0 Å². The summed E-state index contributed by atoms with van der Waals surface area (Å²) in [6.07, 6.45) is 0.213. The number of carbonyl (C=O) groups excluding carboxylic acids is 1. The third-order valence-corrected chi connectivity index (χ3v) is 0.923. The maximum atomic E-state index is 10.00. The largest absolute Gasteiger partial charge is 0.478 e. The van der Waals surface area contributed by atoms with Crippen LogP contribution in [0, 0.1) is 0 Å². The van der Waals surface area contributed by atoms with E-state index < -0.39 is 11.5 Å². The van der Waals surface area contributed by atoms with E-state index in [9.17, 15) is 9.59 Å². The molecule has 0 amide bonds. The number of carboxylic acid groups (broad SMARTS) is 1. The zero-order chi connectivity index (χ0) is 7.44. The Labute approximate surface area is 56.9 Å². The van der Waals surface area contributed by atoms with Crippen molar-refractivity contribution in [1.29, 1.82) is 0 Å². The average molecular weight is 149 g/mol. The molecule has 9 heavy (non-hydrogen) atoms. The molecule has 4 heteroatoms. The Balaban J connectivity index is 4.55. The van der Waals surface area contributed by atoms with E-state index in [1.54, 1.807) is 0 Å². The molecule has 0 saturated heterocycles. The van der Waals surface area contributed by atoms with Crippen LogP contribution in [0.15, 0.2) is 10.6 Å². The van der Waals surface area contributed by atoms with E-state index in [0.29, 0.717) is 0 Å². The minimum atomic E-state index is -1.29. The van der Waals surface area contributed by atoms with Crippen LogP contribution in [0.25, 0.3) is 0 Å². The van der Waals surface area contributed by atoms with Crippen molar-refractivity contribution in [3.05, 3.63) is 10.6 Å². The fourth-order valence-electron chi connectivity index (χ4n) is 0.279. The van der Waals surface area contributed by atoms with Gasteiger partial charge in [0.1, 0.15) is 5.57 Å². The highest BCUT2D eigenvalue weighted by Crippen LogP contribution is 2.05. The van der Waals surface area contributed by atoms with E-state index in [1.807, 2.05) is 0 Å². The van der Waals surface area contributed by atoms with Gasteiger partial charge in [-0.1, -0.05) is 11.6 Å². The van der Waals surface area contributed by atoms with Gasteiger partial charge in [-0.2, -0.15) is 0 Å². The lowest BCUT2D eigenvalue weighted by Crippen LogP contribution is -2.02. The molecule has 0 radical (unpaired) electrons.